The van der Waals surface area contributed by atoms with Crippen molar-refractivity contribution < 1.29 is 23.2 Å². The van der Waals surface area contributed by atoms with Crippen LogP contribution < -0.4 is 0 Å². The molecule has 0 amide bonds. The molecule has 0 aliphatic rings. The molecule has 6 heteroatoms. The van der Waals surface area contributed by atoms with E-state index in [2.05, 4.69) is 0 Å². The van der Waals surface area contributed by atoms with Crippen molar-refractivity contribution in [3.8, 4) is 0 Å². The van der Waals surface area contributed by atoms with Gasteiger partial charge in [-0.1, -0.05) is 0 Å². The zero-order valence-electron chi connectivity index (χ0n) is 10.0. The Morgan fingerprint density at radius 1 is 1.50 bits per heavy atom. The molecular weight excluding hydrogens is 259 g/mol. The van der Waals surface area contributed by atoms with E-state index in [9.17, 15) is 13.4 Å². The highest BCUT2D eigenvalue weighted by molar-refractivity contribution is 7.85. The van der Waals surface area contributed by atoms with Crippen LogP contribution in [-0.2, 0) is 15.5 Å². The summed E-state index contributed by atoms with van der Waals surface area (Å²) in [6.07, 6.45) is 0.539. The lowest BCUT2D eigenvalue weighted by molar-refractivity contribution is 0.0696. The second-order valence-electron chi connectivity index (χ2n) is 3.55. The van der Waals surface area contributed by atoms with Gasteiger partial charge in [-0.25, -0.2) is 9.18 Å². The largest absolute Gasteiger partial charge is 0.478 e. The average molecular weight is 274 g/mol. The van der Waals surface area contributed by atoms with E-state index in [1.165, 1.54) is 0 Å². The van der Waals surface area contributed by atoms with Crippen LogP contribution in [0, 0.1) is 5.82 Å². The zero-order valence-corrected chi connectivity index (χ0v) is 10.8. The van der Waals surface area contributed by atoms with Gasteiger partial charge in [-0.05, 0) is 31.5 Å². The number of ether oxygens (including phenoxy) is 1. The Morgan fingerprint density at radius 2 is 2.22 bits per heavy atom. The van der Waals surface area contributed by atoms with Gasteiger partial charge in [-0.15, -0.1) is 0 Å². The Bertz CT molecular complexity index is 448. The van der Waals surface area contributed by atoms with Crippen LogP contribution >= 0.6 is 0 Å². The standard InChI is InChI=1S/C12H15FO4S/c1-2-17-6-3-7-18(16)11-8-9(12(14)15)4-5-10(11)13/h4-5,8H,2-3,6-7H2,1H3,(H,14,15). The lowest BCUT2D eigenvalue weighted by Gasteiger charge is -2.05. The molecule has 100 valence electrons. The summed E-state index contributed by atoms with van der Waals surface area (Å²) in [4.78, 5) is 10.7. The molecule has 0 bridgehead atoms. The minimum absolute atomic E-state index is 0.0635. The quantitative estimate of drug-likeness (QED) is 0.773. The Balaban J connectivity index is 2.72. The molecule has 1 atom stereocenters. The van der Waals surface area contributed by atoms with Gasteiger partial charge in [0.05, 0.1) is 21.3 Å². The molecular formula is C12H15FO4S. The average Bonchev–Trinajstić information content (AvgIpc) is 2.34. The summed E-state index contributed by atoms with van der Waals surface area (Å²) in [5, 5.41) is 8.79. The summed E-state index contributed by atoms with van der Waals surface area (Å²) in [6.45, 7) is 2.89. The van der Waals surface area contributed by atoms with Gasteiger partial charge in [0.1, 0.15) is 5.82 Å². The fraction of sp³-hybridized carbons (Fsp3) is 0.417. The number of hydrogen-bond donors (Lipinski definition) is 1. The zero-order chi connectivity index (χ0) is 13.5. The molecule has 0 spiro atoms. The van der Waals surface area contributed by atoms with E-state index in [0.29, 0.717) is 19.6 Å². The van der Waals surface area contributed by atoms with Crippen LogP contribution in [0.1, 0.15) is 23.7 Å². The number of halogens is 1. The predicted molar refractivity (Wildman–Crippen MR) is 65.7 cm³/mol. The molecule has 1 unspecified atom stereocenters. The Kier molecular flexibility index (Phi) is 5.94. The van der Waals surface area contributed by atoms with E-state index < -0.39 is 22.6 Å². The fourth-order valence-electron chi connectivity index (χ4n) is 1.36. The van der Waals surface area contributed by atoms with Crippen LogP contribution in [0.15, 0.2) is 23.1 Å². The number of aromatic carboxylic acids is 1. The summed E-state index contributed by atoms with van der Waals surface area (Å²) >= 11 is 0. The number of rotatable bonds is 7. The van der Waals surface area contributed by atoms with Gasteiger partial charge >= 0.3 is 5.97 Å². The smallest absolute Gasteiger partial charge is 0.335 e. The Labute approximate surface area is 107 Å². The van der Waals surface area contributed by atoms with Crippen molar-refractivity contribution in [2.75, 3.05) is 19.0 Å². The van der Waals surface area contributed by atoms with E-state index in [0.717, 1.165) is 18.2 Å². The van der Waals surface area contributed by atoms with Crippen LogP contribution in [-0.4, -0.2) is 34.3 Å². The molecule has 0 fully saturated rings. The van der Waals surface area contributed by atoms with Crippen molar-refractivity contribution in [1.29, 1.82) is 0 Å². The van der Waals surface area contributed by atoms with Gasteiger partial charge in [0.15, 0.2) is 0 Å². The maximum Gasteiger partial charge on any atom is 0.335 e. The summed E-state index contributed by atoms with van der Waals surface area (Å²) < 4.78 is 30.4. The third-order valence-electron chi connectivity index (χ3n) is 2.25. The van der Waals surface area contributed by atoms with Crippen molar-refractivity contribution in [3.05, 3.63) is 29.6 Å². The highest BCUT2D eigenvalue weighted by Crippen LogP contribution is 2.15. The molecule has 0 aromatic heterocycles. The van der Waals surface area contributed by atoms with Crippen molar-refractivity contribution in [1.82, 2.24) is 0 Å². The van der Waals surface area contributed by atoms with E-state index in [1.54, 1.807) is 0 Å². The Morgan fingerprint density at radius 3 is 2.83 bits per heavy atom. The van der Waals surface area contributed by atoms with Crippen LogP contribution in [0.5, 0.6) is 0 Å². The number of hydrogen-bond acceptors (Lipinski definition) is 3. The summed E-state index contributed by atoms with van der Waals surface area (Å²) in [5.74, 6) is -1.56. The summed E-state index contributed by atoms with van der Waals surface area (Å²) in [6, 6.07) is 3.30. The topological polar surface area (TPSA) is 63.6 Å². The van der Waals surface area contributed by atoms with Crippen molar-refractivity contribution in [2.45, 2.75) is 18.2 Å². The maximum absolute atomic E-state index is 13.4. The first-order valence-electron chi connectivity index (χ1n) is 5.55. The third kappa shape index (κ3) is 4.19. The molecule has 1 rings (SSSR count). The Hall–Kier alpha value is -1.27. The van der Waals surface area contributed by atoms with E-state index in [4.69, 9.17) is 9.84 Å². The van der Waals surface area contributed by atoms with Gasteiger partial charge < -0.3 is 9.84 Å². The van der Waals surface area contributed by atoms with Crippen LogP contribution in [0.4, 0.5) is 4.39 Å². The molecule has 0 heterocycles. The molecule has 0 aliphatic heterocycles. The second kappa shape index (κ2) is 7.23. The second-order valence-corrected chi connectivity index (χ2v) is 5.09. The molecule has 0 radical (unpaired) electrons. The molecule has 0 saturated heterocycles. The van der Waals surface area contributed by atoms with Crippen molar-refractivity contribution >= 4 is 16.8 Å². The predicted octanol–water partition coefficient (Wildman–Crippen LogP) is 2.06. The maximum atomic E-state index is 13.4. The summed E-state index contributed by atoms with van der Waals surface area (Å²) in [7, 11) is -1.54. The highest BCUT2D eigenvalue weighted by Gasteiger charge is 2.13. The molecule has 18 heavy (non-hydrogen) atoms. The van der Waals surface area contributed by atoms with Gasteiger partial charge in [0.25, 0.3) is 0 Å². The monoisotopic (exact) mass is 274 g/mol. The first kappa shape index (κ1) is 14.8. The summed E-state index contributed by atoms with van der Waals surface area (Å²) in [5.41, 5.74) is -0.0652. The molecule has 1 aromatic rings. The lowest BCUT2D eigenvalue weighted by atomic mass is 10.2. The SMILES string of the molecule is CCOCCCS(=O)c1cc(C(=O)O)ccc1F. The number of carbonyl (C=O) groups is 1. The van der Waals surface area contributed by atoms with Crippen molar-refractivity contribution in [2.24, 2.45) is 0 Å². The van der Waals surface area contributed by atoms with E-state index >= 15 is 0 Å². The minimum Gasteiger partial charge on any atom is -0.478 e. The van der Waals surface area contributed by atoms with Gasteiger partial charge in [0.2, 0.25) is 0 Å². The van der Waals surface area contributed by atoms with Gasteiger partial charge in [0, 0.05) is 19.0 Å². The van der Waals surface area contributed by atoms with Crippen molar-refractivity contribution in [3.63, 3.8) is 0 Å². The fourth-order valence-corrected chi connectivity index (χ4v) is 2.50. The molecule has 4 nitrogen and oxygen atoms in total. The van der Waals surface area contributed by atoms with E-state index in [1.807, 2.05) is 6.92 Å². The number of benzene rings is 1. The first-order valence-corrected chi connectivity index (χ1v) is 6.87. The molecule has 1 N–H and O–H groups in total. The first-order chi connectivity index (χ1) is 8.56. The molecule has 1 aromatic carbocycles. The van der Waals surface area contributed by atoms with Crippen LogP contribution in [0.25, 0.3) is 0 Å². The van der Waals surface area contributed by atoms with Crippen LogP contribution in [0.3, 0.4) is 0 Å². The highest BCUT2D eigenvalue weighted by atomic mass is 32.2. The lowest BCUT2D eigenvalue weighted by Crippen LogP contribution is -2.06. The van der Waals surface area contributed by atoms with Gasteiger partial charge in [-0.3, -0.25) is 4.21 Å². The number of carboxylic acid groups (broad SMARTS) is 1. The number of carboxylic acids is 1. The van der Waals surface area contributed by atoms with Gasteiger partial charge in [-0.2, -0.15) is 0 Å². The molecule has 0 aliphatic carbocycles. The van der Waals surface area contributed by atoms with Crippen LogP contribution in [0.2, 0.25) is 0 Å². The molecule has 0 saturated carbocycles. The third-order valence-corrected chi connectivity index (χ3v) is 3.71. The minimum atomic E-state index is -1.54. The normalized spacial score (nSPS) is 12.3. The van der Waals surface area contributed by atoms with E-state index in [-0.39, 0.29) is 16.2 Å².